The molecule has 0 saturated carbocycles. The van der Waals surface area contributed by atoms with Crippen LogP contribution in [0.1, 0.15) is 51.7 Å². The third-order valence-electron chi connectivity index (χ3n) is 4.70. The molecule has 3 heteroatoms. The summed E-state index contributed by atoms with van der Waals surface area (Å²) in [7, 11) is 1.73. The number of hydrogen-bond acceptors (Lipinski definition) is 3. The van der Waals surface area contributed by atoms with E-state index in [9.17, 15) is 0 Å². The van der Waals surface area contributed by atoms with Gasteiger partial charge in [0.2, 0.25) is 0 Å². The van der Waals surface area contributed by atoms with Gasteiger partial charge in [-0.1, -0.05) is 46.8 Å². The second kappa shape index (κ2) is 7.28. The van der Waals surface area contributed by atoms with Crippen molar-refractivity contribution >= 4 is 0 Å². The van der Waals surface area contributed by atoms with E-state index in [1.165, 1.54) is 11.1 Å². The average Bonchev–Trinajstić information content (AvgIpc) is 2.46. The largest absolute Gasteiger partial charge is 0.496 e. The highest BCUT2D eigenvalue weighted by Gasteiger charge is 2.25. The van der Waals surface area contributed by atoms with Crippen LogP contribution >= 0.6 is 0 Å². The van der Waals surface area contributed by atoms with E-state index in [0.717, 1.165) is 5.75 Å². The topological polar surface area (TPSA) is 61.3 Å². The van der Waals surface area contributed by atoms with E-state index < -0.39 is 0 Å². The van der Waals surface area contributed by atoms with Gasteiger partial charge in [-0.2, -0.15) is 0 Å². The normalized spacial score (nSPS) is 15.1. The molecule has 2 atom stereocenters. The average molecular weight is 292 g/mol. The van der Waals surface area contributed by atoms with Gasteiger partial charge < -0.3 is 16.2 Å². The maximum absolute atomic E-state index is 5.84. The van der Waals surface area contributed by atoms with Gasteiger partial charge in [0.05, 0.1) is 7.11 Å². The van der Waals surface area contributed by atoms with Crippen molar-refractivity contribution in [3.63, 3.8) is 0 Å². The molecule has 1 rings (SSSR count). The molecular weight excluding hydrogens is 260 g/mol. The molecule has 0 saturated heterocycles. The van der Waals surface area contributed by atoms with Crippen LogP contribution in [-0.4, -0.2) is 20.2 Å². The van der Waals surface area contributed by atoms with Gasteiger partial charge in [0.15, 0.2) is 0 Å². The second-order valence-electron chi connectivity index (χ2n) is 7.09. The molecule has 4 N–H and O–H groups in total. The number of rotatable bonds is 6. The number of ether oxygens (including phenoxy) is 1. The lowest BCUT2D eigenvalue weighted by Gasteiger charge is -2.29. The van der Waals surface area contributed by atoms with Gasteiger partial charge in [-0.15, -0.1) is 0 Å². The lowest BCUT2D eigenvalue weighted by molar-refractivity contribution is 0.327. The van der Waals surface area contributed by atoms with E-state index in [2.05, 4.69) is 52.8 Å². The van der Waals surface area contributed by atoms with Crippen LogP contribution in [0, 0.1) is 11.8 Å². The van der Waals surface area contributed by atoms with Gasteiger partial charge in [0.1, 0.15) is 5.75 Å². The molecule has 0 bridgehead atoms. The fraction of sp³-hybridized carbons (Fsp3) is 0.667. The molecule has 0 amide bonds. The molecule has 0 aliphatic rings. The minimum Gasteiger partial charge on any atom is -0.496 e. The van der Waals surface area contributed by atoms with Crippen LogP contribution < -0.4 is 16.2 Å². The molecule has 3 nitrogen and oxygen atoms in total. The summed E-state index contributed by atoms with van der Waals surface area (Å²) in [5, 5.41) is 0. The Morgan fingerprint density at radius 1 is 1.10 bits per heavy atom. The molecule has 0 radical (unpaired) electrons. The highest BCUT2D eigenvalue weighted by atomic mass is 16.5. The minimum absolute atomic E-state index is 0.0610. The molecule has 0 aromatic heterocycles. The van der Waals surface area contributed by atoms with Crippen LogP contribution in [0.5, 0.6) is 5.75 Å². The van der Waals surface area contributed by atoms with Crippen molar-refractivity contribution in [3.05, 3.63) is 29.3 Å². The predicted molar refractivity (Wildman–Crippen MR) is 90.9 cm³/mol. The molecule has 0 aliphatic carbocycles. The number of nitrogens with two attached hydrogens (primary N) is 2. The van der Waals surface area contributed by atoms with Crippen LogP contribution in [0.2, 0.25) is 0 Å². The lowest BCUT2D eigenvalue weighted by atomic mass is 9.77. The van der Waals surface area contributed by atoms with E-state index in [-0.39, 0.29) is 5.41 Å². The molecule has 0 fully saturated rings. The molecule has 1 aromatic carbocycles. The first-order chi connectivity index (χ1) is 9.76. The van der Waals surface area contributed by atoms with Crippen LogP contribution in [0.4, 0.5) is 0 Å². The molecule has 0 spiro atoms. The van der Waals surface area contributed by atoms with Crippen molar-refractivity contribution in [2.45, 2.75) is 46.0 Å². The van der Waals surface area contributed by atoms with Crippen LogP contribution in [0.15, 0.2) is 18.2 Å². The van der Waals surface area contributed by atoms with Crippen molar-refractivity contribution in [2.75, 3.05) is 20.2 Å². The van der Waals surface area contributed by atoms with Crippen molar-refractivity contribution < 1.29 is 4.74 Å². The Labute approximate surface area is 130 Å². The summed E-state index contributed by atoms with van der Waals surface area (Å²) in [5.41, 5.74) is 14.3. The first-order valence-corrected chi connectivity index (χ1v) is 7.84. The molecule has 2 unspecified atom stereocenters. The highest BCUT2D eigenvalue weighted by molar-refractivity contribution is 5.42. The quantitative estimate of drug-likeness (QED) is 0.846. The summed E-state index contributed by atoms with van der Waals surface area (Å²) < 4.78 is 5.52. The fourth-order valence-electron chi connectivity index (χ4n) is 2.83. The molecule has 120 valence electrons. The third kappa shape index (κ3) is 4.21. The number of methoxy groups -OCH3 is 1. The fourth-order valence-corrected chi connectivity index (χ4v) is 2.83. The Morgan fingerprint density at radius 3 is 2.10 bits per heavy atom. The van der Waals surface area contributed by atoms with E-state index >= 15 is 0 Å². The Hall–Kier alpha value is -1.06. The molecule has 1 aromatic rings. The van der Waals surface area contributed by atoms with E-state index in [1.54, 1.807) is 7.11 Å². The number of benzene rings is 1. The lowest BCUT2D eigenvalue weighted by Crippen LogP contribution is -2.31. The van der Waals surface area contributed by atoms with Crippen LogP contribution in [-0.2, 0) is 5.41 Å². The number of hydrogen-bond donors (Lipinski definition) is 2. The van der Waals surface area contributed by atoms with Gasteiger partial charge in [0, 0.05) is 0 Å². The maximum atomic E-state index is 5.84. The van der Waals surface area contributed by atoms with Gasteiger partial charge in [-0.05, 0) is 53.5 Å². The Morgan fingerprint density at radius 2 is 1.67 bits per heavy atom. The standard InChI is InChI=1S/C18H32N2O/c1-12(13(2)15(10-19)11-20)14-7-8-17(21-6)16(9-14)18(3,4)5/h7-9,12-13,15H,10-11,19-20H2,1-6H3. The zero-order valence-corrected chi connectivity index (χ0v) is 14.4. The Bertz CT molecular complexity index is 447. The first-order valence-electron chi connectivity index (χ1n) is 7.84. The summed E-state index contributed by atoms with van der Waals surface area (Å²) in [6, 6.07) is 6.53. The van der Waals surface area contributed by atoms with Crippen molar-refractivity contribution in [2.24, 2.45) is 23.3 Å². The molecular formula is C18H32N2O. The smallest absolute Gasteiger partial charge is 0.122 e. The minimum atomic E-state index is 0.0610. The monoisotopic (exact) mass is 292 g/mol. The van der Waals surface area contributed by atoms with Crippen molar-refractivity contribution in [1.29, 1.82) is 0 Å². The summed E-state index contributed by atoms with van der Waals surface area (Å²) >= 11 is 0. The van der Waals surface area contributed by atoms with E-state index in [1.807, 2.05) is 0 Å². The van der Waals surface area contributed by atoms with Gasteiger partial charge in [0.25, 0.3) is 0 Å². The van der Waals surface area contributed by atoms with E-state index in [4.69, 9.17) is 16.2 Å². The van der Waals surface area contributed by atoms with Crippen LogP contribution in [0.25, 0.3) is 0 Å². The van der Waals surface area contributed by atoms with Crippen LogP contribution in [0.3, 0.4) is 0 Å². The first kappa shape index (κ1) is 18.0. The summed E-state index contributed by atoms with van der Waals surface area (Å²) in [6.45, 7) is 12.4. The summed E-state index contributed by atoms with van der Waals surface area (Å²) in [5.74, 6) is 2.20. The van der Waals surface area contributed by atoms with Gasteiger partial charge in [-0.25, -0.2) is 0 Å². The molecule has 0 heterocycles. The maximum Gasteiger partial charge on any atom is 0.122 e. The second-order valence-corrected chi connectivity index (χ2v) is 7.09. The van der Waals surface area contributed by atoms with E-state index in [0.29, 0.717) is 30.8 Å². The summed E-state index contributed by atoms with van der Waals surface area (Å²) in [6.07, 6.45) is 0. The predicted octanol–water partition coefficient (Wildman–Crippen LogP) is 3.27. The highest BCUT2D eigenvalue weighted by Crippen LogP contribution is 2.36. The van der Waals surface area contributed by atoms with Crippen molar-refractivity contribution in [3.8, 4) is 5.75 Å². The van der Waals surface area contributed by atoms with Gasteiger partial charge in [-0.3, -0.25) is 0 Å². The molecule has 0 aliphatic heterocycles. The zero-order valence-electron chi connectivity index (χ0n) is 14.4. The summed E-state index contributed by atoms with van der Waals surface area (Å²) in [4.78, 5) is 0. The van der Waals surface area contributed by atoms with Crippen molar-refractivity contribution in [1.82, 2.24) is 0 Å². The third-order valence-corrected chi connectivity index (χ3v) is 4.70. The van der Waals surface area contributed by atoms with Gasteiger partial charge >= 0.3 is 0 Å². The SMILES string of the molecule is COc1ccc(C(C)C(C)C(CN)CN)cc1C(C)(C)C. The Balaban J connectivity index is 3.14. The zero-order chi connectivity index (χ0) is 16.2. The molecule has 21 heavy (non-hydrogen) atoms. The Kier molecular flexibility index (Phi) is 6.24.